The maximum absolute atomic E-state index is 8.78. The standard InChI is InChI=1S/C16H11ClN4S/c17-14-4-2-1-3-13(14)15-19-16(21-20-15)22-10-12-7-5-11(9-18)6-8-12/h1-8H,10H2,(H,19,20,21). The van der Waals surface area contributed by atoms with E-state index in [1.165, 1.54) is 11.8 Å². The molecule has 0 radical (unpaired) electrons. The number of aromatic amines is 1. The third-order valence-corrected chi connectivity index (χ3v) is 4.29. The van der Waals surface area contributed by atoms with Gasteiger partial charge in [-0.25, -0.2) is 4.98 Å². The van der Waals surface area contributed by atoms with Crippen LogP contribution in [0, 0.1) is 11.3 Å². The van der Waals surface area contributed by atoms with E-state index in [0.717, 1.165) is 16.9 Å². The Balaban J connectivity index is 1.69. The number of rotatable bonds is 4. The first-order chi connectivity index (χ1) is 10.8. The van der Waals surface area contributed by atoms with Crippen LogP contribution in [0.3, 0.4) is 0 Å². The first kappa shape index (κ1) is 14.6. The molecule has 0 saturated heterocycles. The van der Waals surface area contributed by atoms with Gasteiger partial charge in [0, 0.05) is 11.3 Å². The lowest BCUT2D eigenvalue weighted by molar-refractivity contribution is 0.973. The van der Waals surface area contributed by atoms with Crippen LogP contribution in [0.4, 0.5) is 0 Å². The van der Waals surface area contributed by atoms with E-state index in [9.17, 15) is 0 Å². The van der Waals surface area contributed by atoms with E-state index in [-0.39, 0.29) is 0 Å². The second kappa shape index (κ2) is 6.65. The van der Waals surface area contributed by atoms with Crippen LogP contribution >= 0.6 is 23.4 Å². The zero-order valence-electron chi connectivity index (χ0n) is 11.5. The van der Waals surface area contributed by atoms with Crippen molar-refractivity contribution < 1.29 is 0 Å². The Kier molecular flexibility index (Phi) is 4.42. The van der Waals surface area contributed by atoms with E-state index in [1.54, 1.807) is 0 Å². The van der Waals surface area contributed by atoms with Crippen molar-refractivity contribution in [1.29, 1.82) is 5.26 Å². The molecule has 0 aliphatic carbocycles. The molecule has 1 aromatic heterocycles. The third-order valence-electron chi connectivity index (χ3n) is 3.04. The number of nitrogens with one attached hydrogen (secondary N) is 1. The topological polar surface area (TPSA) is 65.4 Å². The summed E-state index contributed by atoms with van der Waals surface area (Å²) in [5.74, 6) is 1.40. The lowest BCUT2D eigenvalue weighted by atomic mass is 10.2. The molecule has 0 bridgehead atoms. The van der Waals surface area contributed by atoms with Crippen LogP contribution in [-0.2, 0) is 5.75 Å². The van der Waals surface area contributed by atoms with Gasteiger partial charge in [-0.3, -0.25) is 5.10 Å². The molecule has 0 atom stereocenters. The number of benzene rings is 2. The molecule has 0 amide bonds. The molecule has 0 saturated carbocycles. The highest BCUT2D eigenvalue weighted by Gasteiger charge is 2.09. The highest BCUT2D eigenvalue weighted by Crippen LogP contribution is 2.27. The van der Waals surface area contributed by atoms with Crippen molar-refractivity contribution in [1.82, 2.24) is 15.2 Å². The van der Waals surface area contributed by atoms with Gasteiger partial charge in [-0.2, -0.15) is 5.26 Å². The monoisotopic (exact) mass is 326 g/mol. The molecule has 1 N–H and O–H groups in total. The Morgan fingerprint density at radius 3 is 2.64 bits per heavy atom. The number of aromatic nitrogens is 3. The molecule has 108 valence electrons. The summed E-state index contributed by atoms with van der Waals surface area (Å²) in [7, 11) is 0. The Bertz CT molecular complexity index is 821. The van der Waals surface area contributed by atoms with E-state index in [0.29, 0.717) is 21.6 Å². The predicted molar refractivity (Wildman–Crippen MR) is 87.5 cm³/mol. The van der Waals surface area contributed by atoms with E-state index >= 15 is 0 Å². The number of hydrogen-bond donors (Lipinski definition) is 1. The zero-order valence-corrected chi connectivity index (χ0v) is 13.0. The van der Waals surface area contributed by atoms with Crippen LogP contribution in [0.2, 0.25) is 5.02 Å². The fraction of sp³-hybridized carbons (Fsp3) is 0.0625. The van der Waals surface area contributed by atoms with Gasteiger partial charge in [0.05, 0.1) is 16.7 Å². The van der Waals surface area contributed by atoms with Crippen molar-refractivity contribution in [3.63, 3.8) is 0 Å². The summed E-state index contributed by atoms with van der Waals surface area (Å²) in [6, 6.07) is 17.1. The van der Waals surface area contributed by atoms with Gasteiger partial charge in [0.1, 0.15) is 0 Å². The largest absolute Gasteiger partial charge is 0.258 e. The molecule has 0 aliphatic rings. The summed E-state index contributed by atoms with van der Waals surface area (Å²) in [4.78, 5) is 4.45. The quantitative estimate of drug-likeness (QED) is 0.726. The molecule has 0 spiro atoms. The number of hydrogen-bond acceptors (Lipinski definition) is 4. The fourth-order valence-electron chi connectivity index (χ4n) is 1.91. The molecule has 0 fully saturated rings. The zero-order chi connectivity index (χ0) is 15.4. The van der Waals surface area contributed by atoms with Crippen molar-refractivity contribution in [2.45, 2.75) is 10.9 Å². The molecule has 2 aromatic carbocycles. The molecule has 1 heterocycles. The van der Waals surface area contributed by atoms with Crippen molar-refractivity contribution in [2.24, 2.45) is 0 Å². The van der Waals surface area contributed by atoms with Crippen molar-refractivity contribution in [3.8, 4) is 17.5 Å². The molecular formula is C16H11ClN4S. The summed E-state index contributed by atoms with van der Waals surface area (Å²) in [6.45, 7) is 0. The van der Waals surface area contributed by atoms with Gasteiger partial charge in [-0.05, 0) is 29.8 Å². The average molecular weight is 327 g/mol. The molecule has 6 heteroatoms. The number of nitriles is 1. The Morgan fingerprint density at radius 2 is 1.91 bits per heavy atom. The number of nitrogens with zero attached hydrogens (tertiary/aromatic N) is 3. The highest BCUT2D eigenvalue weighted by atomic mass is 35.5. The van der Waals surface area contributed by atoms with Gasteiger partial charge in [0.15, 0.2) is 5.82 Å². The van der Waals surface area contributed by atoms with Gasteiger partial charge in [0.2, 0.25) is 5.16 Å². The van der Waals surface area contributed by atoms with Gasteiger partial charge >= 0.3 is 0 Å². The van der Waals surface area contributed by atoms with Gasteiger partial charge < -0.3 is 0 Å². The minimum atomic E-state index is 0.641. The molecule has 0 aliphatic heterocycles. The minimum Gasteiger partial charge on any atom is -0.258 e. The molecule has 0 unspecified atom stereocenters. The summed E-state index contributed by atoms with van der Waals surface area (Å²) in [5, 5.41) is 17.2. The number of thioether (sulfide) groups is 1. The van der Waals surface area contributed by atoms with E-state index < -0.39 is 0 Å². The maximum Gasteiger partial charge on any atom is 0.209 e. The lowest BCUT2D eigenvalue weighted by Gasteiger charge is -1.99. The first-order valence-corrected chi connectivity index (χ1v) is 7.92. The average Bonchev–Trinajstić information content (AvgIpc) is 3.02. The third kappa shape index (κ3) is 3.30. The summed E-state index contributed by atoms with van der Waals surface area (Å²) >= 11 is 7.68. The fourth-order valence-corrected chi connectivity index (χ4v) is 2.89. The second-order valence-electron chi connectivity index (χ2n) is 4.54. The smallest absolute Gasteiger partial charge is 0.209 e. The second-order valence-corrected chi connectivity index (χ2v) is 5.89. The van der Waals surface area contributed by atoms with Gasteiger partial charge in [-0.15, -0.1) is 5.10 Å². The lowest BCUT2D eigenvalue weighted by Crippen LogP contribution is -1.83. The molecule has 4 nitrogen and oxygen atoms in total. The maximum atomic E-state index is 8.78. The molecule has 3 rings (SSSR count). The minimum absolute atomic E-state index is 0.641. The Morgan fingerprint density at radius 1 is 1.14 bits per heavy atom. The summed E-state index contributed by atoms with van der Waals surface area (Å²) in [5.41, 5.74) is 2.61. The van der Waals surface area contributed by atoms with Gasteiger partial charge in [-0.1, -0.05) is 47.6 Å². The van der Waals surface area contributed by atoms with Gasteiger partial charge in [0.25, 0.3) is 0 Å². The first-order valence-electron chi connectivity index (χ1n) is 6.55. The van der Waals surface area contributed by atoms with Crippen molar-refractivity contribution in [2.75, 3.05) is 0 Å². The number of H-pyrrole nitrogens is 1. The van der Waals surface area contributed by atoms with E-state index in [1.807, 2.05) is 48.5 Å². The van der Waals surface area contributed by atoms with Crippen molar-refractivity contribution in [3.05, 3.63) is 64.7 Å². The normalized spacial score (nSPS) is 10.4. The molecule has 3 aromatic rings. The van der Waals surface area contributed by atoms with Crippen LogP contribution in [0.1, 0.15) is 11.1 Å². The highest BCUT2D eigenvalue weighted by molar-refractivity contribution is 7.98. The predicted octanol–water partition coefficient (Wildman–Crippen LogP) is 4.29. The Hall–Kier alpha value is -2.29. The number of halogens is 1. The molecular weight excluding hydrogens is 316 g/mol. The SMILES string of the molecule is N#Cc1ccc(CSc2n[nH]c(-c3ccccc3Cl)n2)cc1. The summed E-state index contributed by atoms with van der Waals surface area (Å²) in [6.07, 6.45) is 0. The van der Waals surface area contributed by atoms with Crippen LogP contribution in [0.5, 0.6) is 0 Å². The van der Waals surface area contributed by atoms with E-state index in [2.05, 4.69) is 21.3 Å². The molecule has 22 heavy (non-hydrogen) atoms. The van der Waals surface area contributed by atoms with Crippen LogP contribution in [-0.4, -0.2) is 15.2 Å². The summed E-state index contributed by atoms with van der Waals surface area (Å²) < 4.78 is 0. The van der Waals surface area contributed by atoms with Crippen molar-refractivity contribution >= 4 is 23.4 Å². The Labute approximate surface area is 137 Å². The van der Waals surface area contributed by atoms with E-state index in [4.69, 9.17) is 16.9 Å². The van der Waals surface area contributed by atoms with Crippen LogP contribution in [0.15, 0.2) is 53.7 Å². The van der Waals surface area contributed by atoms with Crippen LogP contribution < -0.4 is 0 Å². The van der Waals surface area contributed by atoms with Crippen LogP contribution in [0.25, 0.3) is 11.4 Å².